The van der Waals surface area contributed by atoms with Crippen LogP contribution in [0.2, 0.25) is 0 Å². The lowest BCUT2D eigenvalue weighted by molar-refractivity contribution is 0.0996. The van der Waals surface area contributed by atoms with Crippen LogP contribution in [0, 0.1) is 0 Å². The molecule has 1 aliphatic heterocycles. The van der Waals surface area contributed by atoms with Gasteiger partial charge in [0.2, 0.25) is 6.79 Å². The molecule has 1 aliphatic rings. The first-order chi connectivity index (χ1) is 9.65. The molecule has 0 atom stereocenters. The van der Waals surface area contributed by atoms with E-state index in [-0.39, 0.29) is 18.3 Å². The van der Waals surface area contributed by atoms with Gasteiger partial charge in [-0.25, -0.2) is 0 Å². The number of hydrogen-bond donors (Lipinski definition) is 1. The van der Waals surface area contributed by atoms with Crippen LogP contribution in [0.5, 0.6) is 11.5 Å². The van der Waals surface area contributed by atoms with Crippen molar-refractivity contribution in [2.24, 2.45) is 0 Å². The van der Waals surface area contributed by atoms with Gasteiger partial charge in [-0.1, -0.05) is 0 Å². The molecule has 0 saturated heterocycles. The number of Topliss-reactive ketones (excluding diaryl/α,β-unsaturated/α-hetero) is 1. The molecule has 0 spiro atoms. The van der Waals surface area contributed by atoms with Gasteiger partial charge >= 0.3 is 0 Å². The molecule has 6 heteroatoms. The number of carbonyl (C=O) groups is 2. The van der Waals surface area contributed by atoms with Crippen molar-refractivity contribution in [2.75, 3.05) is 12.1 Å². The van der Waals surface area contributed by atoms with Crippen LogP contribution < -0.4 is 14.8 Å². The normalized spacial score (nSPS) is 12.2. The van der Waals surface area contributed by atoms with Crippen LogP contribution >= 0.6 is 0 Å². The maximum absolute atomic E-state index is 12.0. The zero-order chi connectivity index (χ0) is 14.1. The maximum atomic E-state index is 12.0. The second-order valence-electron chi connectivity index (χ2n) is 4.24. The lowest BCUT2D eigenvalue weighted by Gasteiger charge is -2.09. The minimum atomic E-state index is -0.434. The topological polar surface area (TPSA) is 77.8 Å². The van der Waals surface area contributed by atoms with Crippen molar-refractivity contribution in [3.8, 4) is 11.5 Å². The van der Waals surface area contributed by atoms with E-state index in [9.17, 15) is 9.59 Å². The third kappa shape index (κ3) is 2.11. The van der Waals surface area contributed by atoms with Gasteiger partial charge < -0.3 is 19.2 Å². The summed E-state index contributed by atoms with van der Waals surface area (Å²) in [5.74, 6) is 0.530. The van der Waals surface area contributed by atoms with Crippen LogP contribution in [-0.2, 0) is 0 Å². The predicted octanol–water partition coefficient (Wildman–Crippen LogP) is 2.46. The molecule has 0 unspecified atom stereocenters. The van der Waals surface area contributed by atoms with E-state index in [2.05, 4.69) is 5.32 Å². The Hall–Kier alpha value is -2.76. The number of anilines is 1. The van der Waals surface area contributed by atoms with Crippen LogP contribution in [-0.4, -0.2) is 18.5 Å². The van der Waals surface area contributed by atoms with Crippen molar-refractivity contribution in [1.29, 1.82) is 0 Å². The summed E-state index contributed by atoms with van der Waals surface area (Å²) in [5.41, 5.74) is 0.720. The summed E-state index contributed by atoms with van der Waals surface area (Å²) >= 11 is 0. The number of ketones is 1. The van der Waals surface area contributed by atoms with Gasteiger partial charge in [0.05, 0.1) is 12.0 Å². The van der Waals surface area contributed by atoms with Gasteiger partial charge in [0.25, 0.3) is 5.91 Å². The summed E-state index contributed by atoms with van der Waals surface area (Å²) in [6.45, 7) is 1.52. The zero-order valence-electron chi connectivity index (χ0n) is 10.6. The average molecular weight is 273 g/mol. The molecule has 1 aromatic carbocycles. The first-order valence-corrected chi connectivity index (χ1v) is 5.94. The highest BCUT2D eigenvalue weighted by molar-refractivity contribution is 6.08. The number of nitrogens with one attached hydrogen (secondary N) is 1. The highest BCUT2D eigenvalue weighted by Gasteiger charge is 2.21. The highest BCUT2D eigenvalue weighted by atomic mass is 16.7. The first kappa shape index (κ1) is 12.3. The number of furan rings is 1. The van der Waals surface area contributed by atoms with Crippen molar-refractivity contribution < 1.29 is 23.5 Å². The SMILES string of the molecule is CC(=O)c1cc2c(cc1NC(=O)c1ccco1)OCO2. The summed E-state index contributed by atoms with van der Waals surface area (Å²) in [6.07, 6.45) is 1.40. The number of benzene rings is 1. The van der Waals surface area contributed by atoms with Gasteiger partial charge in [-0.15, -0.1) is 0 Å². The molecule has 0 saturated carbocycles. The molecule has 0 fully saturated rings. The zero-order valence-corrected chi connectivity index (χ0v) is 10.6. The van der Waals surface area contributed by atoms with Gasteiger partial charge in [-0.05, 0) is 25.1 Å². The smallest absolute Gasteiger partial charge is 0.291 e. The molecule has 102 valence electrons. The lowest BCUT2D eigenvalue weighted by Crippen LogP contribution is -2.13. The summed E-state index contributed by atoms with van der Waals surface area (Å²) in [7, 11) is 0. The Morgan fingerprint density at radius 2 is 1.95 bits per heavy atom. The quantitative estimate of drug-likeness (QED) is 0.869. The van der Waals surface area contributed by atoms with Crippen LogP contribution in [0.4, 0.5) is 5.69 Å². The Labute approximate surface area is 114 Å². The second-order valence-corrected chi connectivity index (χ2v) is 4.24. The Kier molecular flexibility index (Phi) is 2.90. The summed E-state index contributed by atoms with van der Waals surface area (Å²) in [6, 6.07) is 6.28. The summed E-state index contributed by atoms with van der Waals surface area (Å²) < 4.78 is 15.5. The van der Waals surface area contributed by atoms with E-state index in [1.165, 1.54) is 19.3 Å². The van der Waals surface area contributed by atoms with E-state index < -0.39 is 5.91 Å². The first-order valence-electron chi connectivity index (χ1n) is 5.94. The Balaban J connectivity index is 1.96. The minimum absolute atomic E-state index is 0.0995. The number of amides is 1. The third-order valence-corrected chi connectivity index (χ3v) is 2.89. The molecule has 2 aromatic rings. The number of rotatable bonds is 3. The van der Waals surface area contributed by atoms with Gasteiger partial charge in [0, 0.05) is 11.6 Å². The van der Waals surface area contributed by atoms with Crippen LogP contribution in [0.1, 0.15) is 27.8 Å². The minimum Gasteiger partial charge on any atom is -0.459 e. The van der Waals surface area contributed by atoms with Crippen molar-refractivity contribution in [3.63, 3.8) is 0 Å². The van der Waals surface area contributed by atoms with E-state index in [1.54, 1.807) is 18.2 Å². The standard InChI is InChI=1S/C14H11NO5/c1-8(16)9-5-12-13(20-7-19-12)6-10(9)15-14(17)11-3-2-4-18-11/h2-6H,7H2,1H3,(H,15,17). The Morgan fingerprint density at radius 3 is 2.60 bits per heavy atom. The van der Waals surface area contributed by atoms with Crippen molar-refractivity contribution >= 4 is 17.4 Å². The molecule has 6 nitrogen and oxygen atoms in total. The van der Waals surface area contributed by atoms with E-state index >= 15 is 0 Å². The average Bonchev–Trinajstić information content (AvgIpc) is 3.08. The van der Waals surface area contributed by atoms with Gasteiger partial charge in [0.1, 0.15) is 0 Å². The highest BCUT2D eigenvalue weighted by Crippen LogP contribution is 2.37. The molecular formula is C14H11NO5. The number of ether oxygens (including phenoxy) is 2. The predicted molar refractivity (Wildman–Crippen MR) is 69.2 cm³/mol. The fourth-order valence-electron chi connectivity index (χ4n) is 1.93. The molecule has 20 heavy (non-hydrogen) atoms. The van der Waals surface area contributed by atoms with Gasteiger partial charge in [-0.2, -0.15) is 0 Å². The van der Waals surface area contributed by atoms with Crippen molar-refractivity contribution in [2.45, 2.75) is 6.92 Å². The van der Waals surface area contributed by atoms with Crippen LogP contribution in [0.25, 0.3) is 0 Å². The molecule has 0 radical (unpaired) electrons. The molecule has 1 aromatic heterocycles. The van der Waals surface area contributed by atoms with Crippen LogP contribution in [0.3, 0.4) is 0 Å². The summed E-state index contributed by atoms with van der Waals surface area (Å²) in [4.78, 5) is 23.6. The Morgan fingerprint density at radius 1 is 1.20 bits per heavy atom. The van der Waals surface area contributed by atoms with E-state index in [4.69, 9.17) is 13.9 Å². The lowest BCUT2D eigenvalue weighted by atomic mass is 10.1. The van der Waals surface area contributed by atoms with E-state index in [1.807, 2.05) is 0 Å². The van der Waals surface area contributed by atoms with E-state index in [0.717, 1.165) is 0 Å². The molecule has 3 rings (SSSR count). The number of hydrogen-bond acceptors (Lipinski definition) is 5. The van der Waals surface area contributed by atoms with Gasteiger partial charge in [0.15, 0.2) is 23.0 Å². The maximum Gasteiger partial charge on any atom is 0.291 e. The Bertz CT molecular complexity index is 675. The summed E-state index contributed by atoms with van der Waals surface area (Å²) in [5, 5.41) is 2.63. The fraction of sp³-hybridized carbons (Fsp3) is 0.143. The fourth-order valence-corrected chi connectivity index (χ4v) is 1.93. The molecule has 0 aliphatic carbocycles. The number of carbonyl (C=O) groups excluding carboxylic acids is 2. The van der Waals surface area contributed by atoms with Crippen molar-refractivity contribution in [3.05, 3.63) is 41.9 Å². The van der Waals surface area contributed by atoms with Crippen molar-refractivity contribution in [1.82, 2.24) is 0 Å². The second kappa shape index (κ2) is 4.73. The molecule has 2 heterocycles. The van der Waals surface area contributed by atoms with Gasteiger partial charge in [-0.3, -0.25) is 9.59 Å². The third-order valence-electron chi connectivity index (χ3n) is 2.89. The van der Waals surface area contributed by atoms with E-state index in [0.29, 0.717) is 22.7 Å². The molecule has 1 amide bonds. The molecule has 0 bridgehead atoms. The largest absolute Gasteiger partial charge is 0.459 e. The monoisotopic (exact) mass is 273 g/mol. The van der Waals surface area contributed by atoms with Crippen LogP contribution in [0.15, 0.2) is 34.9 Å². The number of fused-ring (bicyclic) bond motifs is 1. The molecule has 1 N–H and O–H groups in total. The molecular weight excluding hydrogens is 262 g/mol.